The molecule has 0 aliphatic rings. The molecule has 2 aromatic rings. The zero-order valence-corrected chi connectivity index (χ0v) is 14.2. The van der Waals surface area contributed by atoms with Crippen molar-refractivity contribution in [2.45, 2.75) is 4.90 Å². The fourth-order valence-electron chi connectivity index (χ4n) is 1.20. The molecule has 20 heavy (non-hydrogen) atoms. The van der Waals surface area contributed by atoms with E-state index < -0.39 is 16.0 Å². The van der Waals surface area contributed by atoms with E-state index >= 15 is 0 Å². The van der Waals surface area contributed by atoms with E-state index in [4.69, 9.17) is 5.11 Å². The Morgan fingerprint density at radius 3 is 2.50 bits per heavy atom. The molecule has 2 aromatic heterocycles. The van der Waals surface area contributed by atoms with Gasteiger partial charge in [0.05, 0.1) is 16.2 Å². The van der Waals surface area contributed by atoms with Gasteiger partial charge in [-0.05, 0) is 37.9 Å². The number of nitrogens with zero attached hydrogens (tertiary/aromatic N) is 2. The average molecular weight is 443 g/mol. The van der Waals surface area contributed by atoms with Crippen molar-refractivity contribution < 1.29 is 18.3 Å². The largest absolute Gasteiger partial charge is 0.477 e. The number of hydrogen-bond acceptors (Lipinski definition) is 6. The predicted molar refractivity (Wildman–Crippen MR) is 79.5 cm³/mol. The summed E-state index contributed by atoms with van der Waals surface area (Å²) in [6.07, 6.45) is 2.57. The molecule has 0 amide bonds. The maximum Gasteiger partial charge on any atom is 0.345 e. The van der Waals surface area contributed by atoms with E-state index in [0.717, 1.165) is 17.4 Å². The van der Waals surface area contributed by atoms with Gasteiger partial charge in [0.1, 0.15) is 14.4 Å². The molecule has 2 rings (SSSR count). The van der Waals surface area contributed by atoms with Crippen LogP contribution in [0.25, 0.3) is 0 Å². The van der Waals surface area contributed by atoms with Gasteiger partial charge in [0, 0.05) is 0 Å². The minimum absolute atomic E-state index is 0.0307. The Balaban J connectivity index is 2.35. The van der Waals surface area contributed by atoms with Crippen molar-refractivity contribution in [3.05, 3.63) is 31.7 Å². The number of carboxylic acid groups (broad SMARTS) is 1. The van der Waals surface area contributed by atoms with Crippen LogP contribution >= 0.6 is 43.2 Å². The molecule has 0 radical (unpaired) electrons. The highest BCUT2D eigenvalue weighted by molar-refractivity contribution is 9.11. The van der Waals surface area contributed by atoms with Crippen molar-refractivity contribution in [2.75, 3.05) is 4.72 Å². The molecule has 11 heteroatoms. The van der Waals surface area contributed by atoms with Crippen LogP contribution in [0.2, 0.25) is 0 Å². The summed E-state index contributed by atoms with van der Waals surface area (Å²) >= 11 is 6.93. The highest BCUT2D eigenvalue weighted by atomic mass is 79.9. The van der Waals surface area contributed by atoms with Crippen LogP contribution in [-0.4, -0.2) is 29.5 Å². The molecule has 0 fully saturated rings. The molecule has 0 bridgehead atoms. The summed E-state index contributed by atoms with van der Waals surface area (Å²) in [4.78, 5) is 18.3. The first kappa shape index (κ1) is 15.4. The van der Waals surface area contributed by atoms with Gasteiger partial charge in [-0.15, -0.1) is 11.3 Å². The average Bonchev–Trinajstić information content (AvgIpc) is 2.75. The summed E-state index contributed by atoms with van der Waals surface area (Å²) in [6, 6.07) is 1.08. The molecule has 0 aliphatic heterocycles. The normalized spacial score (nSPS) is 11.3. The Morgan fingerprint density at radius 2 is 2.00 bits per heavy atom. The number of anilines is 1. The standard InChI is InChI=1S/C9H5Br2N3O4S2/c10-6-2-13-7(3-12-6)14-20(17,18)5-1-4(9(15)16)19-8(5)11/h1-3H,(H,13,14)(H,15,16). The number of sulfonamides is 1. The summed E-state index contributed by atoms with van der Waals surface area (Å²) in [7, 11) is -3.94. The van der Waals surface area contributed by atoms with Crippen LogP contribution in [0, 0.1) is 0 Å². The van der Waals surface area contributed by atoms with Gasteiger partial charge in [0.25, 0.3) is 10.0 Å². The SMILES string of the molecule is O=C(O)c1cc(S(=O)(=O)Nc2cnc(Br)cn2)c(Br)s1. The minimum atomic E-state index is -3.94. The summed E-state index contributed by atoms with van der Waals surface area (Å²) in [6.45, 7) is 0. The van der Waals surface area contributed by atoms with Crippen molar-refractivity contribution in [3.63, 3.8) is 0 Å². The molecule has 7 nitrogen and oxygen atoms in total. The Hall–Kier alpha value is -1.04. The third kappa shape index (κ3) is 3.34. The first-order valence-corrected chi connectivity index (χ1v) is 8.71. The van der Waals surface area contributed by atoms with Crippen molar-refractivity contribution >= 4 is 65.0 Å². The minimum Gasteiger partial charge on any atom is -0.477 e. The van der Waals surface area contributed by atoms with Crippen LogP contribution in [0.3, 0.4) is 0 Å². The molecule has 0 spiro atoms. The molecule has 0 unspecified atom stereocenters. The third-order valence-corrected chi connectivity index (χ3v) is 6.02. The lowest BCUT2D eigenvalue weighted by atomic mass is 10.5. The van der Waals surface area contributed by atoms with Crippen LogP contribution < -0.4 is 4.72 Å². The molecule has 2 heterocycles. The van der Waals surface area contributed by atoms with Gasteiger partial charge >= 0.3 is 5.97 Å². The second kappa shape index (κ2) is 5.76. The molecule has 0 saturated heterocycles. The number of aromatic carboxylic acids is 1. The molecule has 0 aliphatic carbocycles. The highest BCUT2D eigenvalue weighted by Crippen LogP contribution is 2.32. The summed E-state index contributed by atoms with van der Waals surface area (Å²) in [5.74, 6) is -1.16. The van der Waals surface area contributed by atoms with Crippen LogP contribution in [-0.2, 0) is 10.0 Å². The van der Waals surface area contributed by atoms with Gasteiger partial charge in [0.2, 0.25) is 0 Å². The van der Waals surface area contributed by atoms with E-state index in [1.165, 1.54) is 12.4 Å². The Kier molecular flexibility index (Phi) is 4.42. The van der Waals surface area contributed by atoms with Crippen LogP contribution in [0.1, 0.15) is 9.67 Å². The first-order chi connectivity index (χ1) is 9.29. The van der Waals surface area contributed by atoms with Crippen LogP contribution in [0.5, 0.6) is 0 Å². The van der Waals surface area contributed by atoms with E-state index in [0.29, 0.717) is 4.60 Å². The summed E-state index contributed by atoms with van der Waals surface area (Å²) < 4.78 is 27.2. The third-order valence-electron chi connectivity index (χ3n) is 2.02. The predicted octanol–water partition coefficient (Wildman–Crippen LogP) is 2.56. The monoisotopic (exact) mass is 441 g/mol. The Bertz CT molecular complexity index is 758. The first-order valence-electron chi connectivity index (χ1n) is 4.82. The van der Waals surface area contributed by atoms with Gasteiger partial charge in [-0.2, -0.15) is 0 Å². The number of halogens is 2. The highest BCUT2D eigenvalue weighted by Gasteiger charge is 2.23. The maximum atomic E-state index is 12.1. The van der Waals surface area contributed by atoms with E-state index in [-0.39, 0.29) is 19.4 Å². The van der Waals surface area contributed by atoms with E-state index in [9.17, 15) is 13.2 Å². The van der Waals surface area contributed by atoms with Crippen molar-refractivity contribution in [3.8, 4) is 0 Å². The Labute approximate surface area is 134 Å². The lowest BCUT2D eigenvalue weighted by Gasteiger charge is -2.05. The number of nitrogens with one attached hydrogen (secondary N) is 1. The zero-order chi connectivity index (χ0) is 14.9. The second-order valence-corrected chi connectivity index (χ2v) is 8.22. The molecule has 106 valence electrons. The van der Waals surface area contributed by atoms with E-state index in [1.807, 2.05) is 0 Å². The van der Waals surface area contributed by atoms with Gasteiger partial charge < -0.3 is 5.11 Å². The van der Waals surface area contributed by atoms with E-state index in [2.05, 4.69) is 46.5 Å². The van der Waals surface area contributed by atoms with E-state index in [1.54, 1.807) is 0 Å². The van der Waals surface area contributed by atoms with Gasteiger partial charge in [-0.25, -0.2) is 23.2 Å². The molecule has 0 aromatic carbocycles. The van der Waals surface area contributed by atoms with Crippen molar-refractivity contribution in [1.29, 1.82) is 0 Å². The van der Waals surface area contributed by atoms with Gasteiger partial charge in [-0.3, -0.25) is 4.72 Å². The van der Waals surface area contributed by atoms with Crippen LogP contribution in [0.4, 0.5) is 5.82 Å². The number of thiophene rings is 1. The maximum absolute atomic E-state index is 12.1. The molecule has 0 atom stereocenters. The summed E-state index contributed by atoms with van der Waals surface area (Å²) in [5, 5.41) is 8.86. The van der Waals surface area contributed by atoms with Gasteiger partial charge in [0.15, 0.2) is 5.82 Å². The number of aromatic nitrogens is 2. The lowest BCUT2D eigenvalue weighted by Crippen LogP contribution is -2.14. The fourth-order valence-corrected chi connectivity index (χ4v) is 4.80. The topological polar surface area (TPSA) is 109 Å². The molecular formula is C9H5Br2N3O4S2. The van der Waals surface area contributed by atoms with Crippen molar-refractivity contribution in [2.24, 2.45) is 0 Å². The fraction of sp³-hybridized carbons (Fsp3) is 0. The molecule has 2 N–H and O–H groups in total. The zero-order valence-electron chi connectivity index (χ0n) is 9.37. The van der Waals surface area contributed by atoms with Crippen LogP contribution in [0.15, 0.2) is 31.7 Å². The van der Waals surface area contributed by atoms with Gasteiger partial charge in [-0.1, -0.05) is 0 Å². The number of hydrogen-bond donors (Lipinski definition) is 2. The van der Waals surface area contributed by atoms with Crippen molar-refractivity contribution in [1.82, 2.24) is 9.97 Å². The summed E-state index contributed by atoms with van der Waals surface area (Å²) in [5.41, 5.74) is 0. The molecular weight excluding hydrogens is 438 g/mol. The number of carboxylic acids is 1. The smallest absolute Gasteiger partial charge is 0.345 e. The molecule has 0 saturated carbocycles. The quantitative estimate of drug-likeness (QED) is 0.752. The number of carbonyl (C=O) groups is 1. The Morgan fingerprint density at radius 1 is 1.30 bits per heavy atom. The lowest BCUT2D eigenvalue weighted by molar-refractivity contribution is 0.0702. The number of rotatable bonds is 4. The second-order valence-electron chi connectivity index (χ2n) is 3.38.